The lowest BCUT2D eigenvalue weighted by atomic mass is 10.0. The Kier molecular flexibility index (Phi) is 8.01. The molecule has 0 radical (unpaired) electrons. The number of nitrogens with zero attached hydrogens (tertiary/aromatic N) is 3. The minimum Gasteiger partial charge on any atom is -0.343 e. The van der Waals surface area contributed by atoms with Crippen LogP contribution in [0, 0.1) is 0 Å². The predicted octanol–water partition coefficient (Wildman–Crippen LogP) is 4.02. The van der Waals surface area contributed by atoms with Crippen LogP contribution < -0.4 is 0 Å². The van der Waals surface area contributed by atoms with Crippen molar-refractivity contribution in [2.45, 2.75) is 51.6 Å². The van der Waals surface area contributed by atoms with E-state index in [1.165, 1.54) is 37.5 Å². The van der Waals surface area contributed by atoms with Crippen molar-refractivity contribution in [2.75, 3.05) is 26.2 Å². The number of rotatable bonds is 7. The molecule has 0 fully saturated rings. The first-order valence-corrected chi connectivity index (χ1v) is 7.89. The Hall–Kier alpha value is -1.69. The Labute approximate surface area is 150 Å². The van der Waals surface area contributed by atoms with Gasteiger partial charge in [-0.15, -0.1) is 0 Å². The minimum atomic E-state index is -7.14. The number of carbonyl (C=O) groups excluding carboxylic acids is 1. The van der Waals surface area contributed by atoms with Crippen LogP contribution in [0.3, 0.4) is 0 Å². The van der Waals surface area contributed by atoms with E-state index in [9.17, 15) is 44.3 Å². The van der Waals surface area contributed by atoms with E-state index in [4.69, 9.17) is 0 Å². The molecular weight excluding hydrogens is 397 g/mol. The number of hydrogen-bond donors (Lipinski definition) is 0. The van der Waals surface area contributed by atoms with Gasteiger partial charge in [-0.1, -0.05) is 0 Å². The van der Waals surface area contributed by atoms with Crippen LogP contribution in [0.2, 0.25) is 0 Å². The van der Waals surface area contributed by atoms with E-state index in [2.05, 4.69) is 4.99 Å². The number of guanidine groups is 1. The van der Waals surface area contributed by atoms with Crippen molar-refractivity contribution < 1.29 is 44.3 Å². The van der Waals surface area contributed by atoms with Crippen LogP contribution in [0.1, 0.15) is 27.7 Å². The van der Waals surface area contributed by atoms with Gasteiger partial charge in [-0.3, -0.25) is 4.79 Å². The molecule has 0 aromatic carbocycles. The molecule has 0 N–H and O–H groups in total. The van der Waals surface area contributed by atoms with Crippen LogP contribution in [0.15, 0.2) is 4.99 Å². The zero-order valence-electron chi connectivity index (χ0n) is 15.0. The molecule has 0 aliphatic heterocycles. The van der Waals surface area contributed by atoms with Crippen molar-refractivity contribution in [3.8, 4) is 0 Å². The Morgan fingerprint density at radius 1 is 0.704 bits per heavy atom. The van der Waals surface area contributed by atoms with Gasteiger partial charge in [0.1, 0.15) is 0 Å². The summed E-state index contributed by atoms with van der Waals surface area (Å²) in [5, 5.41) is 0. The molecule has 27 heavy (non-hydrogen) atoms. The van der Waals surface area contributed by atoms with Crippen LogP contribution in [-0.2, 0) is 4.79 Å². The van der Waals surface area contributed by atoms with Gasteiger partial charge < -0.3 is 9.80 Å². The molecule has 0 spiro atoms. The van der Waals surface area contributed by atoms with Crippen LogP contribution in [0.25, 0.3) is 0 Å². The van der Waals surface area contributed by atoms with Gasteiger partial charge in [-0.2, -0.15) is 44.5 Å². The summed E-state index contributed by atoms with van der Waals surface area (Å²) in [5.74, 6) is -24.2. The molecule has 13 heteroatoms. The predicted molar refractivity (Wildman–Crippen MR) is 79.2 cm³/mol. The highest BCUT2D eigenvalue weighted by Gasteiger charge is 2.83. The number of aliphatic imine (C=N–C) groups is 1. The monoisotopic (exact) mass is 417 g/mol. The molecule has 0 aliphatic rings. The summed E-state index contributed by atoms with van der Waals surface area (Å²) < 4.78 is 116. The second-order valence-electron chi connectivity index (χ2n) is 5.28. The summed E-state index contributed by atoms with van der Waals surface area (Å²) in [4.78, 5) is 16.8. The molecular formula is C14H20F9N3O. The zero-order chi connectivity index (χ0) is 21.8. The maximum absolute atomic E-state index is 13.7. The van der Waals surface area contributed by atoms with Crippen molar-refractivity contribution in [3.63, 3.8) is 0 Å². The normalized spacial score (nSPS) is 13.4. The second kappa shape index (κ2) is 8.55. The first-order chi connectivity index (χ1) is 12.1. The molecule has 0 saturated heterocycles. The first-order valence-electron chi connectivity index (χ1n) is 7.89. The Bertz CT molecular complexity index is 524. The third kappa shape index (κ3) is 4.60. The lowest BCUT2D eigenvalue weighted by Gasteiger charge is -2.34. The van der Waals surface area contributed by atoms with Gasteiger partial charge in [0.05, 0.1) is 0 Å². The molecule has 0 unspecified atom stereocenters. The van der Waals surface area contributed by atoms with Gasteiger partial charge in [0.25, 0.3) is 0 Å². The molecule has 0 saturated carbocycles. The van der Waals surface area contributed by atoms with Gasteiger partial charge in [0.15, 0.2) is 0 Å². The van der Waals surface area contributed by atoms with Crippen LogP contribution in [0.5, 0.6) is 0 Å². The molecule has 0 bridgehead atoms. The van der Waals surface area contributed by atoms with Gasteiger partial charge in [0, 0.05) is 26.2 Å². The molecule has 0 rings (SSSR count). The lowest BCUT2D eigenvalue weighted by Crippen LogP contribution is -2.63. The summed E-state index contributed by atoms with van der Waals surface area (Å²) in [5.41, 5.74) is 0. The highest BCUT2D eigenvalue weighted by molar-refractivity contribution is 5.97. The summed E-state index contributed by atoms with van der Waals surface area (Å²) in [6, 6.07) is 0. The fourth-order valence-corrected chi connectivity index (χ4v) is 2.02. The molecule has 0 aliphatic carbocycles. The van der Waals surface area contributed by atoms with E-state index in [1.807, 2.05) is 0 Å². The number of carbonyl (C=O) groups is 1. The second-order valence-corrected chi connectivity index (χ2v) is 5.28. The summed E-state index contributed by atoms with van der Waals surface area (Å²) in [6.45, 7) is 6.38. The molecule has 1 amide bonds. The third-order valence-corrected chi connectivity index (χ3v) is 3.71. The summed E-state index contributed by atoms with van der Waals surface area (Å²) in [7, 11) is 0. The van der Waals surface area contributed by atoms with Gasteiger partial charge in [-0.05, 0) is 27.7 Å². The number of amides is 1. The zero-order valence-corrected chi connectivity index (χ0v) is 15.0. The van der Waals surface area contributed by atoms with E-state index >= 15 is 0 Å². The molecule has 0 heterocycles. The number of alkyl halides is 9. The maximum Gasteiger partial charge on any atom is 0.460 e. The van der Waals surface area contributed by atoms with Crippen LogP contribution in [-0.4, -0.2) is 71.8 Å². The number of hydrogen-bond acceptors (Lipinski definition) is 1. The first kappa shape index (κ1) is 25.3. The maximum atomic E-state index is 13.7. The van der Waals surface area contributed by atoms with Crippen molar-refractivity contribution in [1.29, 1.82) is 0 Å². The molecule has 0 atom stereocenters. The standard InChI is InChI=1S/C14H20F9N3O/c1-5-25(6-2)10(26(7-3)8-4)24-9(27)11(15,16)12(17,18)13(19,20)14(21,22)23/h5-8H2,1-4H3. The van der Waals surface area contributed by atoms with Crippen molar-refractivity contribution >= 4 is 11.9 Å². The fraction of sp³-hybridized carbons (Fsp3) is 0.857. The van der Waals surface area contributed by atoms with E-state index < -0.39 is 35.8 Å². The van der Waals surface area contributed by atoms with Crippen molar-refractivity contribution in [2.24, 2.45) is 4.99 Å². The smallest absolute Gasteiger partial charge is 0.343 e. The van der Waals surface area contributed by atoms with Gasteiger partial charge >= 0.3 is 29.9 Å². The summed E-state index contributed by atoms with van der Waals surface area (Å²) >= 11 is 0. The average Bonchev–Trinajstić information content (AvgIpc) is 2.55. The lowest BCUT2D eigenvalue weighted by molar-refractivity contribution is -0.388. The highest BCUT2D eigenvalue weighted by Crippen LogP contribution is 2.53. The summed E-state index contributed by atoms with van der Waals surface area (Å²) in [6.07, 6.45) is -7.00. The minimum absolute atomic E-state index is 0.0831. The quantitative estimate of drug-likeness (QED) is 0.357. The van der Waals surface area contributed by atoms with E-state index in [0.717, 1.165) is 0 Å². The van der Waals surface area contributed by atoms with Crippen LogP contribution >= 0.6 is 0 Å². The van der Waals surface area contributed by atoms with Crippen molar-refractivity contribution in [3.05, 3.63) is 0 Å². The molecule has 4 nitrogen and oxygen atoms in total. The van der Waals surface area contributed by atoms with Crippen LogP contribution in [0.4, 0.5) is 39.5 Å². The molecule has 160 valence electrons. The fourth-order valence-electron chi connectivity index (χ4n) is 2.02. The molecule has 0 aromatic heterocycles. The highest BCUT2D eigenvalue weighted by atomic mass is 19.4. The van der Waals surface area contributed by atoms with E-state index in [-0.39, 0.29) is 26.2 Å². The Morgan fingerprint density at radius 2 is 1.04 bits per heavy atom. The Morgan fingerprint density at radius 3 is 1.30 bits per heavy atom. The average molecular weight is 417 g/mol. The van der Waals surface area contributed by atoms with Gasteiger partial charge in [0.2, 0.25) is 5.96 Å². The topological polar surface area (TPSA) is 35.9 Å². The largest absolute Gasteiger partial charge is 0.460 e. The number of halogens is 9. The molecule has 0 aromatic rings. The van der Waals surface area contributed by atoms with Gasteiger partial charge in [-0.25, -0.2) is 0 Å². The van der Waals surface area contributed by atoms with Crippen molar-refractivity contribution in [1.82, 2.24) is 9.80 Å². The third-order valence-electron chi connectivity index (χ3n) is 3.71. The van der Waals surface area contributed by atoms with E-state index in [0.29, 0.717) is 0 Å². The SMILES string of the molecule is CCN(CC)C(=NC(=O)C(F)(F)C(F)(F)C(F)(F)C(F)(F)F)N(CC)CC. The van der Waals surface area contributed by atoms with E-state index in [1.54, 1.807) is 0 Å². The Balaban J connectivity index is 6.25.